The topological polar surface area (TPSA) is 9.23 Å². The van der Waals surface area contributed by atoms with E-state index in [-0.39, 0.29) is 9.34 Å². The number of methoxy groups -OCH3 is 1. The van der Waals surface area contributed by atoms with Gasteiger partial charge in [0.15, 0.2) is 0 Å². The van der Waals surface area contributed by atoms with Gasteiger partial charge in [-0.15, -0.1) is 0 Å². The van der Waals surface area contributed by atoms with Gasteiger partial charge in [-0.05, 0) is 35.6 Å². The van der Waals surface area contributed by atoms with Gasteiger partial charge in [0.2, 0.25) is 0 Å². The molecule has 0 aliphatic carbocycles. The molecular formula is C9H10F3IO. The van der Waals surface area contributed by atoms with Crippen molar-refractivity contribution in [3.63, 3.8) is 0 Å². The van der Waals surface area contributed by atoms with Crippen LogP contribution in [0.4, 0.5) is 13.2 Å². The maximum atomic E-state index is 12.3. The second-order valence-corrected chi connectivity index (χ2v) is 3.49. The summed E-state index contributed by atoms with van der Waals surface area (Å²) in [4.78, 5) is 0. The zero-order chi connectivity index (χ0) is 11.4. The Morgan fingerprint density at radius 2 is 1.93 bits per heavy atom. The minimum absolute atomic E-state index is 0.0394. The zero-order valence-corrected chi connectivity index (χ0v) is 9.94. The van der Waals surface area contributed by atoms with Crippen LogP contribution >= 0.6 is 22.6 Å². The second-order valence-electron chi connectivity index (χ2n) is 2.41. The maximum absolute atomic E-state index is 12.3. The van der Waals surface area contributed by atoms with Crippen LogP contribution in [0.3, 0.4) is 0 Å². The number of ether oxygens (including phenoxy) is 1. The lowest BCUT2D eigenvalue weighted by atomic mass is 10.2. The summed E-state index contributed by atoms with van der Waals surface area (Å²) in [5.41, 5.74) is -0.673. The predicted molar refractivity (Wildman–Crippen MR) is 58.1 cm³/mol. The molecule has 0 fully saturated rings. The van der Waals surface area contributed by atoms with Crippen molar-refractivity contribution in [2.45, 2.75) is 13.1 Å². The van der Waals surface area contributed by atoms with Gasteiger partial charge in [0.1, 0.15) is 5.76 Å². The lowest BCUT2D eigenvalue weighted by molar-refractivity contribution is -0.0916. The van der Waals surface area contributed by atoms with E-state index in [4.69, 9.17) is 4.74 Å². The fourth-order valence-electron chi connectivity index (χ4n) is 0.647. The van der Waals surface area contributed by atoms with Crippen LogP contribution in [-0.2, 0) is 4.74 Å². The van der Waals surface area contributed by atoms with E-state index in [1.807, 2.05) is 0 Å². The van der Waals surface area contributed by atoms with Crippen LogP contribution in [0.25, 0.3) is 0 Å². The van der Waals surface area contributed by atoms with Gasteiger partial charge in [-0.2, -0.15) is 13.2 Å². The normalized spacial score (nSPS) is 14.9. The summed E-state index contributed by atoms with van der Waals surface area (Å²) in [6, 6.07) is 0. The molecule has 0 aromatic heterocycles. The Bertz CT molecular complexity index is 276. The lowest BCUT2D eigenvalue weighted by Gasteiger charge is -2.11. The molecular weight excluding hydrogens is 308 g/mol. The highest BCUT2D eigenvalue weighted by molar-refractivity contribution is 14.1. The largest absolute Gasteiger partial charge is 0.496 e. The quantitative estimate of drug-likeness (QED) is 0.435. The number of alkyl halides is 3. The summed E-state index contributed by atoms with van der Waals surface area (Å²) in [5.74, 6) is 0.162. The molecule has 5 heteroatoms. The first kappa shape index (κ1) is 13.5. The third-order valence-electron chi connectivity index (χ3n) is 1.46. The third-order valence-corrected chi connectivity index (χ3v) is 2.80. The number of rotatable bonds is 3. The van der Waals surface area contributed by atoms with Crippen LogP contribution in [0.1, 0.15) is 6.92 Å². The first-order chi connectivity index (χ1) is 6.34. The molecule has 80 valence electrons. The van der Waals surface area contributed by atoms with E-state index in [0.29, 0.717) is 0 Å². The minimum atomic E-state index is -4.32. The van der Waals surface area contributed by atoms with E-state index < -0.39 is 11.7 Å². The zero-order valence-electron chi connectivity index (χ0n) is 7.78. The van der Waals surface area contributed by atoms with E-state index in [9.17, 15) is 13.2 Å². The number of allylic oxidation sites excluding steroid dienone is 4. The van der Waals surface area contributed by atoms with Gasteiger partial charge in [-0.25, -0.2) is 0 Å². The van der Waals surface area contributed by atoms with Crippen molar-refractivity contribution >= 4 is 22.6 Å². The average Bonchev–Trinajstić information content (AvgIpc) is 2.10. The Morgan fingerprint density at radius 1 is 1.43 bits per heavy atom. The van der Waals surface area contributed by atoms with Crippen molar-refractivity contribution in [3.05, 3.63) is 33.6 Å². The molecule has 0 aromatic carbocycles. The van der Waals surface area contributed by atoms with Crippen LogP contribution in [-0.4, -0.2) is 13.3 Å². The molecule has 0 atom stereocenters. The molecule has 0 spiro atoms. The fourth-order valence-corrected chi connectivity index (χ4v) is 1.35. The Hall–Kier alpha value is -0.460. The number of hydrogen-bond acceptors (Lipinski definition) is 1. The maximum Gasteiger partial charge on any atom is 0.413 e. The average molecular weight is 318 g/mol. The van der Waals surface area contributed by atoms with E-state index >= 15 is 0 Å². The van der Waals surface area contributed by atoms with Crippen LogP contribution in [0.5, 0.6) is 0 Å². The molecule has 1 nitrogen and oxygen atoms in total. The van der Waals surface area contributed by atoms with Gasteiger partial charge >= 0.3 is 6.18 Å². The molecule has 0 unspecified atom stereocenters. The van der Waals surface area contributed by atoms with E-state index in [2.05, 4.69) is 6.58 Å². The van der Waals surface area contributed by atoms with Crippen LogP contribution in [0.2, 0.25) is 0 Å². The summed E-state index contributed by atoms with van der Waals surface area (Å²) in [6.45, 7) is 4.40. The first-order valence-electron chi connectivity index (χ1n) is 3.65. The highest BCUT2D eigenvalue weighted by Crippen LogP contribution is 2.33. The molecule has 0 aliphatic rings. The second kappa shape index (κ2) is 5.43. The number of hydrogen-bond donors (Lipinski definition) is 0. The summed E-state index contributed by atoms with van der Waals surface area (Å²) in [5, 5.41) is 0. The predicted octanol–water partition coefficient (Wildman–Crippen LogP) is 3.97. The summed E-state index contributed by atoms with van der Waals surface area (Å²) in [7, 11) is 1.32. The highest BCUT2D eigenvalue weighted by atomic mass is 127. The molecule has 0 bridgehead atoms. The molecule has 0 amide bonds. The molecule has 0 saturated heterocycles. The van der Waals surface area contributed by atoms with E-state index in [0.717, 1.165) is 6.92 Å². The molecule has 0 saturated carbocycles. The minimum Gasteiger partial charge on any atom is -0.496 e. The first-order valence-corrected chi connectivity index (χ1v) is 4.73. The van der Waals surface area contributed by atoms with Crippen molar-refractivity contribution < 1.29 is 17.9 Å². The monoisotopic (exact) mass is 318 g/mol. The Morgan fingerprint density at radius 3 is 2.21 bits per heavy atom. The van der Waals surface area contributed by atoms with Crippen LogP contribution < -0.4 is 0 Å². The molecule has 0 aliphatic heterocycles. The molecule has 0 heterocycles. The van der Waals surface area contributed by atoms with E-state index in [1.54, 1.807) is 22.6 Å². The van der Waals surface area contributed by atoms with Crippen LogP contribution in [0, 0.1) is 0 Å². The van der Waals surface area contributed by atoms with Crippen molar-refractivity contribution in [3.8, 4) is 0 Å². The van der Waals surface area contributed by atoms with Gasteiger partial charge in [-0.3, -0.25) is 0 Å². The molecule has 0 aromatic rings. The Balaban J connectivity index is 5.17. The summed E-state index contributed by atoms with van der Waals surface area (Å²) >= 11 is 1.60. The van der Waals surface area contributed by atoms with Gasteiger partial charge in [0.05, 0.1) is 10.7 Å². The Labute approximate surface area is 94.5 Å². The smallest absolute Gasteiger partial charge is 0.413 e. The van der Waals surface area contributed by atoms with Gasteiger partial charge in [0.25, 0.3) is 0 Å². The lowest BCUT2D eigenvalue weighted by Crippen LogP contribution is -2.11. The van der Waals surface area contributed by atoms with Crippen molar-refractivity contribution in [1.29, 1.82) is 0 Å². The molecule has 0 rings (SSSR count). The molecule has 0 radical (unpaired) electrons. The molecule has 14 heavy (non-hydrogen) atoms. The van der Waals surface area contributed by atoms with Crippen molar-refractivity contribution in [1.82, 2.24) is 0 Å². The van der Waals surface area contributed by atoms with Crippen molar-refractivity contribution in [2.75, 3.05) is 7.11 Å². The van der Waals surface area contributed by atoms with Crippen molar-refractivity contribution in [2.24, 2.45) is 0 Å². The van der Waals surface area contributed by atoms with E-state index in [1.165, 1.54) is 19.3 Å². The van der Waals surface area contributed by atoms with Gasteiger partial charge in [0, 0.05) is 5.57 Å². The SMILES string of the molecule is C=C/C=C(OC)\C(I)=C(/C)C(F)(F)F. The highest BCUT2D eigenvalue weighted by Gasteiger charge is 2.33. The van der Waals surface area contributed by atoms with Crippen LogP contribution in [0.15, 0.2) is 33.6 Å². The summed E-state index contributed by atoms with van der Waals surface area (Å²) < 4.78 is 41.6. The standard InChI is InChI=1S/C9H10F3IO/c1-4-5-7(14-3)8(13)6(2)9(10,11)12/h4-5H,1H2,2-3H3/b7-5+,8-6-. The number of halogens is 4. The van der Waals surface area contributed by atoms with Gasteiger partial charge in [-0.1, -0.05) is 12.7 Å². The molecule has 0 N–H and O–H groups in total. The third kappa shape index (κ3) is 3.73. The summed E-state index contributed by atoms with van der Waals surface area (Å²) in [6.07, 6.45) is -1.56. The Kier molecular flexibility index (Phi) is 5.25. The fraction of sp³-hybridized carbons (Fsp3) is 0.333. The van der Waals surface area contributed by atoms with Gasteiger partial charge < -0.3 is 4.74 Å².